The summed E-state index contributed by atoms with van der Waals surface area (Å²) in [6.07, 6.45) is -1.69. The van der Waals surface area contributed by atoms with Crippen LogP contribution in [0, 0.1) is 5.92 Å². The zero-order valence-corrected chi connectivity index (χ0v) is 9.96. The molecule has 0 spiro atoms. The van der Waals surface area contributed by atoms with Crippen molar-refractivity contribution in [3.05, 3.63) is 29.8 Å². The summed E-state index contributed by atoms with van der Waals surface area (Å²) in [6.45, 7) is 2.20. The number of hydrogen-bond donors (Lipinski definition) is 1. The van der Waals surface area contributed by atoms with E-state index in [0.717, 1.165) is 31.1 Å². The highest BCUT2D eigenvalue weighted by Gasteiger charge is 2.29. The Morgan fingerprint density at radius 2 is 1.83 bits per heavy atom. The molecule has 1 aliphatic carbocycles. The maximum atomic E-state index is 12.3. The van der Waals surface area contributed by atoms with Crippen molar-refractivity contribution < 1.29 is 17.9 Å². The highest BCUT2D eigenvalue weighted by molar-refractivity contribution is 5.28. The second-order valence-corrected chi connectivity index (χ2v) is 4.52. The molecule has 100 valence electrons. The second-order valence-electron chi connectivity index (χ2n) is 4.52. The maximum absolute atomic E-state index is 12.3. The highest BCUT2D eigenvalue weighted by Crippen LogP contribution is 2.30. The Balaban J connectivity index is 1.69. The fraction of sp³-hybridized carbons (Fsp3) is 0.538. The van der Waals surface area contributed by atoms with Gasteiger partial charge < -0.3 is 10.1 Å². The van der Waals surface area contributed by atoms with Crippen LogP contribution in [0.4, 0.5) is 13.2 Å². The molecule has 0 amide bonds. The number of halogens is 3. The van der Waals surface area contributed by atoms with E-state index in [1.807, 2.05) is 0 Å². The van der Waals surface area contributed by atoms with Gasteiger partial charge in [-0.15, -0.1) is 0 Å². The van der Waals surface area contributed by atoms with Crippen LogP contribution in [0.3, 0.4) is 0 Å². The van der Waals surface area contributed by atoms with Crippen LogP contribution in [0.15, 0.2) is 24.3 Å². The first-order valence-corrected chi connectivity index (χ1v) is 6.06. The van der Waals surface area contributed by atoms with Gasteiger partial charge in [0.15, 0.2) is 0 Å². The molecule has 0 aliphatic heterocycles. The van der Waals surface area contributed by atoms with Crippen LogP contribution in [-0.4, -0.2) is 19.7 Å². The van der Waals surface area contributed by atoms with Crippen LogP contribution >= 0.6 is 0 Å². The van der Waals surface area contributed by atoms with E-state index in [1.54, 1.807) is 0 Å². The van der Waals surface area contributed by atoms with Crippen LogP contribution in [0.25, 0.3) is 0 Å². The zero-order chi connectivity index (χ0) is 13.0. The minimum atomic E-state index is -4.29. The third-order valence-electron chi connectivity index (χ3n) is 2.86. The first-order chi connectivity index (χ1) is 8.55. The Labute approximate surface area is 104 Å². The van der Waals surface area contributed by atoms with E-state index in [9.17, 15) is 13.2 Å². The van der Waals surface area contributed by atoms with Gasteiger partial charge in [0.05, 0.1) is 5.56 Å². The van der Waals surface area contributed by atoms with Crippen LogP contribution in [0.5, 0.6) is 5.75 Å². The molecule has 0 heterocycles. The molecule has 0 bridgehead atoms. The number of nitrogens with one attached hydrogen (secondary N) is 1. The molecule has 0 aromatic heterocycles. The summed E-state index contributed by atoms with van der Waals surface area (Å²) in [6, 6.07) is 4.77. The van der Waals surface area contributed by atoms with Crippen molar-refractivity contribution in [2.24, 2.45) is 5.92 Å². The van der Waals surface area contributed by atoms with Crippen molar-refractivity contribution in [2.75, 3.05) is 19.7 Å². The summed E-state index contributed by atoms with van der Waals surface area (Å²) in [7, 11) is 0. The molecule has 5 heteroatoms. The fourth-order valence-electron chi connectivity index (χ4n) is 1.61. The topological polar surface area (TPSA) is 21.3 Å². The van der Waals surface area contributed by atoms with E-state index in [0.29, 0.717) is 12.4 Å². The number of rotatable bonds is 6. The lowest BCUT2D eigenvalue weighted by Crippen LogP contribution is -2.23. The Kier molecular flexibility index (Phi) is 4.11. The molecule has 2 rings (SSSR count). The van der Waals surface area contributed by atoms with Gasteiger partial charge in [-0.2, -0.15) is 13.2 Å². The van der Waals surface area contributed by atoms with E-state index in [4.69, 9.17) is 4.74 Å². The molecule has 1 aliphatic rings. The quantitative estimate of drug-likeness (QED) is 0.793. The lowest BCUT2D eigenvalue weighted by molar-refractivity contribution is -0.137. The molecule has 0 saturated heterocycles. The normalized spacial score (nSPS) is 15.7. The average Bonchev–Trinajstić information content (AvgIpc) is 3.12. The third-order valence-corrected chi connectivity index (χ3v) is 2.86. The van der Waals surface area contributed by atoms with Crippen LogP contribution < -0.4 is 10.1 Å². The smallest absolute Gasteiger partial charge is 0.416 e. The van der Waals surface area contributed by atoms with Gasteiger partial charge in [-0.3, -0.25) is 0 Å². The highest BCUT2D eigenvalue weighted by atomic mass is 19.4. The molecule has 18 heavy (non-hydrogen) atoms. The molecular weight excluding hydrogens is 243 g/mol. The molecule has 1 N–H and O–H groups in total. The summed E-state index contributed by atoms with van der Waals surface area (Å²) < 4.78 is 42.3. The Hall–Kier alpha value is -1.23. The Morgan fingerprint density at radius 3 is 2.39 bits per heavy atom. The van der Waals surface area contributed by atoms with E-state index < -0.39 is 11.7 Å². The van der Waals surface area contributed by atoms with Crippen molar-refractivity contribution >= 4 is 0 Å². The molecule has 1 aromatic rings. The van der Waals surface area contributed by atoms with Crippen LogP contribution in [0.2, 0.25) is 0 Å². The Bertz CT molecular complexity index is 371. The van der Waals surface area contributed by atoms with Crippen molar-refractivity contribution in [2.45, 2.75) is 19.0 Å². The minimum absolute atomic E-state index is 0.469. The number of benzene rings is 1. The van der Waals surface area contributed by atoms with Gasteiger partial charge in [0.2, 0.25) is 0 Å². The zero-order valence-electron chi connectivity index (χ0n) is 9.96. The van der Waals surface area contributed by atoms with Crippen molar-refractivity contribution in [3.8, 4) is 5.75 Å². The first-order valence-electron chi connectivity index (χ1n) is 6.06. The summed E-state index contributed by atoms with van der Waals surface area (Å²) >= 11 is 0. The van der Waals surface area contributed by atoms with Crippen LogP contribution in [-0.2, 0) is 6.18 Å². The molecule has 0 unspecified atom stereocenters. The van der Waals surface area contributed by atoms with Gasteiger partial charge in [-0.1, -0.05) is 0 Å². The lowest BCUT2D eigenvalue weighted by atomic mass is 10.2. The van der Waals surface area contributed by atoms with Gasteiger partial charge in [0.25, 0.3) is 0 Å². The molecule has 1 saturated carbocycles. The van der Waals surface area contributed by atoms with Gasteiger partial charge >= 0.3 is 6.18 Å². The predicted molar refractivity (Wildman–Crippen MR) is 62.5 cm³/mol. The molecule has 1 aromatic carbocycles. The molecular formula is C13H16F3NO. The molecule has 1 fully saturated rings. The predicted octanol–water partition coefficient (Wildman–Crippen LogP) is 3.08. The van der Waals surface area contributed by atoms with Gasteiger partial charge in [0.1, 0.15) is 12.4 Å². The van der Waals surface area contributed by atoms with E-state index in [-0.39, 0.29) is 0 Å². The summed E-state index contributed by atoms with van der Waals surface area (Å²) in [5.74, 6) is 1.28. The standard InChI is InChI=1S/C13H16F3NO/c14-13(15,16)11-3-5-12(6-4-11)18-8-7-17-9-10-1-2-10/h3-6,10,17H,1-2,7-9H2. The van der Waals surface area contributed by atoms with Crippen molar-refractivity contribution in [3.63, 3.8) is 0 Å². The van der Waals surface area contributed by atoms with Gasteiger partial charge in [0, 0.05) is 6.54 Å². The Morgan fingerprint density at radius 1 is 1.17 bits per heavy atom. The van der Waals surface area contributed by atoms with Crippen molar-refractivity contribution in [1.82, 2.24) is 5.32 Å². The summed E-state index contributed by atoms with van der Waals surface area (Å²) in [4.78, 5) is 0. The molecule has 2 nitrogen and oxygen atoms in total. The SMILES string of the molecule is FC(F)(F)c1ccc(OCCNCC2CC2)cc1. The monoisotopic (exact) mass is 259 g/mol. The molecule has 0 radical (unpaired) electrons. The molecule has 0 atom stereocenters. The maximum Gasteiger partial charge on any atom is 0.416 e. The average molecular weight is 259 g/mol. The number of ether oxygens (including phenoxy) is 1. The fourth-order valence-corrected chi connectivity index (χ4v) is 1.61. The minimum Gasteiger partial charge on any atom is -0.492 e. The summed E-state index contributed by atoms with van der Waals surface area (Å²) in [5, 5.41) is 3.25. The number of hydrogen-bond acceptors (Lipinski definition) is 2. The first kappa shape index (κ1) is 13.2. The lowest BCUT2D eigenvalue weighted by Gasteiger charge is -2.09. The number of alkyl halides is 3. The van der Waals surface area contributed by atoms with Crippen LogP contribution in [0.1, 0.15) is 18.4 Å². The third kappa shape index (κ3) is 4.22. The second kappa shape index (κ2) is 5.61. The van der Waals surface area contributed by atoms with Gasteiger partial charge in [-0.25, -0.2) is 0 Å². The van der Waals surface area contributed by atoms with E-state index in [2.05, 4.69) is 5.32 Å². The van der Waals surface area contributed by atoms with E-state index >= 15 is 0 Å². The van der Waals surface area contributed by atoms with Gasteiger partial charge in [-0.05, 0) is 49.6 Å². The summed E-state index contributed by atoms with van der Waals surface area (Å²) in [5.41, 5.74) is -0.651. The van der Waals surface area contributed by atoms with E-state index in [1.165, 1.54) is 25.0 Å². The van der Waals surface area contributed by atoms with Crippen molar-refractivity contribution in [1.29, 1.82) is 0 Å². The largest absolute Gasteiger partial charge is 0.492 e.